The van der Waals surface area contributed by atoms with Crippen molar-refractivity contribution in [1.82, 2.24) is 9.88 Å². The summed E-state index contributed by atoms with van der Waals surface area (Å²) in [4.78, 5) is 19.0. The molecule has 0 aliphatic rings. The number of carbonyl (C=O) groups excluding carboxylic acids is 1. The van der Waals surface area contributed by atoms with E-state index in [4.69, 9.17) is 4.74 Å². The Balaban J connectivity index is 2.19. The number of carbonyl (C=O) groups is 1. The van der Waals surface area contributed by atoms with Crippen LogP contribution in [-0.4, -0.2) is 40.3 Å². The van der Waals surface area contributed by atoms with E-state index in [2.05, 4.69) is 4.98 Å². The number of hydrogen-bond acceptors (Lipinski definition) is 5. The zero-order valence-corrected chi connectivity index (χ0v) is 15.6. The van der Waals surface area contributed by atoms with Crippen molar-refractivity contribution in [3.63, 3.8) is 0 Å². The fourth-order valence-electron chi connectivity index (χ4n) is 2.35. The predicted molar refractivity (Wildman–Crippen MR) is 96.1 cm³/mol. The number of aromatic nitrogens is 1. The lowest BCUT2D eigenvalue weighted by molar-refractivity contribution is 0.0159. The molecule has 1 aromatic heterocycles. The fraction of sp³-hybridized carbons (Fsp3) is 0.444. The number of nitrogens with zero attached hydrogens (tertiary/aromatic N) is 2. The van der Waals surface area contributed by atoms with Crippen molar-refractivity contribution >= 4 is 17.4 Å². The van der Waals surface area contributed by atoms with E-state index in [0.29, 0.717) is 0 Å². The Morgan fingerprint density at radius 3 is 2.42 bits per heavy atom. The zero-order valence-electron chi connectivity index (χ0n) is 14.7. The SMILES string of the molecule is Cc1ncsc1-c1ccc([C@H](CO)N(C)C(=O)OC(C)(C)C)cc1. The van der Waals surface area contributed by atoms with Crippen LogP contribution in [0.5, 0.6) is 0 Å². The van der Waals surface area contributed by atoms with Crippen molar-refractivity contribution in [2.24, 2.45) is 0 Å². The largest absolute Gasteiger partial charge is 0.444 e. The number of rotatable bonds is 4. The minimum absolute atomic E-state index is 0.172. The van der Waals surface area contributed by atoms with E-state index in [1.54, 1.807) is 18.4 Å². The molecular weight excluding hydrogens is 324 g/mol. The van der Waals surface area contributed by atoms with Gasteiger partial charge in [-0.25, -0.2) is 9.78 Å². The summed E-state index contributed by atoms with van der Waals surface area (Å²) < 4.78 is 5.37. The summed E-state index contributed by atoms with van der Waals surface area (Å²) in [6.07, 6.45) is -0.455. The standard InChI is InChI=1S/C18H24N2O3S/c1-12-16(24-11-19-12)14-8-6-13(7-9-14)15(10-21)20(5)17(22)23-18(2,3)4/h6-9,11,15,21H,10H2,1-5H3/t15-/m0/s1. The van der Waals surface area contributed by atoms with Crippen LogP contribution in [0.2, 0.25) is 0 Å². The van der Waals surface area contributed by atoms with Crippen molar-refractivity contribution in [2.75, 3.05) is 13.7 Å². The van der Waals surface area contributed by atoms with Gasteiger partial charge in [0, 0.05) is 7.05 Å². The second-order valence-corrected chi connectivity index (χ2v) is 7.53. The number of amides is 1. The van der Waals surface area contributed by atoms with Gasteiger partial charge >= 0.3 is 6.09 Å². The topological polar surface area (TPSA) is 62.7 Å². The summed E-state index contributed by atoms with van der Waals surface area (Å²) in [7, 11) is 1.64. The molecule has 1 N–H and O–H groups in total. The van der Waals surface area contributed by atoms with Gasteiger partial charge in [-0.15, -0.1) is 11.3 Å². The first-order valence-corrected chi connectivity index (χ1v) is 8.68. The van der Waals surface area contributed by atoms with E-state index in [1.165, 1.54) is 4.90 Å². The number of thiazole rings is 1. The smallest absolute Gasteiger partial charge is 0.410 e. The number of ether oxygens (including phenoxy) is 1. The molecule has 5 nitrogen and oxygen atoms in total. The molecule has 0 aliphatic heterocycles. The number of aliphatic hydroxyl groups is 1. The monoisotopic (exact) mass is 348 g/mol. The molecule has 6 heteroatoms. The van der Waals surface area contributed by atoms with Crippen LogP contribution in [0.15, 0.2) is 29.8 Å². The van der Waals surface area contributed by atoms with Crippen LogP contribution in [0.3, 0.4) is 0 Å². The molecule has 1 heterocycles. The summed E-state index contributed by atoms with van der Waals surface area (Å²) >= 11 is 1.60. The molecule has 0 spiro atoms. The summed E-state index contributed by atoms with van der Waals surface area (Å²) in [5, 5.41) is 9.74. The van der Waals surface area contributed by atoms with Gasteiger partial charge in [0.25, 0.3) is 0 Å². The van der Waals surface area contributed by atoms with Gasteiger partial charge in [-0.05, 0) is 38.8 Å². The summed E-state index contributed by atoms with van der Waals surface area (Å²) in [5.74, 6) is 0. The van der Waals surface area contributed by atoms with Gasteiger partial charge in [-0.2, -0.15) is 0 Å². The molecule has 130 valence electrons. The van der Waals surface area contributed by atoms with Crippen LogP contribution in [0.4, 0.5) is 4.79 Å². The Morgan fingerprint density at radius 2 is 1.96 bits per heavy atom. The van der Waals surface area contributed by atoms with E-state index < -0.39 is 17.7 Å². The van der Waals surface area contributed by atoms with Gasteiger partial charge in [0.05, 0.1) is 28.7 Å². The molecule has 1 amide bonds. The Bertz CT molecular complexity index is 689. The fourth-order valence-corrected chi connectivity index (χ4v) is 3.16. The van der Waals surface area contributed by atoms with E-state index in [1.807, 2.05) is 57.5 Å². The normalized spacial score (nSPS) is 12.8. The minimum Gasteiger partial charge on any atom is -0.444 e. The summed E-state index contributed by atoms with van der Waals surface area (Å²) in [6.45, 7) is 7.26. The van der Waals surface area contributed by atoms with Crippen molar-refractivity contribution in [2.45, 2.75) is 39.3 Å². The lowest BCUT2D eigenvalue weighted by Gasteiger charge is -2.30. The highest BCUT2D eigenvalue weighted by atomic mass is 32.1. The van der Waals surface area contributed by atoms with Crippen LogP contribution >= 0.6 is 11.3 Å². The highest BCUT2D eigenvalue weighted by Gasteiger charge is 2.26. The molecule has 0 radical (unpaired) electrons. The van der Waals surface area contributed by atoms with Gasteiger partial charge in [0.15, 0.2) is 0 Å². The van der Waals surface area contributed by atoms with Gasteiger partial charge in [-0.1, -0.05) is 24.3 Å². The maximum absolute atomic E-state index is 12.2. The van der Waals surface area contributed by atoms with E-state index in [-0.39, 0.29) is 6.61 Å². The molecule has 0 saturated heterocycles. The number of hydrogen-bond donors (Lipinski definition) is 1. The van der Waals surface area contributed by atoms with Crippen LogP contribution < -0.4 is 0 Å². The molecule has 2 rings (SSSR count). The van der Waals surface area contributed by atoms with Crippen molar-refractivity contribution in [3.8, 4) is 10.4 Å². The minimum atomic E-state index is -0.571. The zero-order chi connectivity index (χ0) is 17.9. The third-order valence-electron chi connectivity index (χ3n) is 3.63. The molecule has 0 unspecified atom stereocenters. The second-order valence-electron chi connectivity index (χ2n) is 6.68. The van der Waals surface area contributed by atoms with E-state index in [0.717, 1.165) is 21.7 Å². The Labute approximate surface area is 146 Å². The predicted octanol–water partition coefficient (Wildman–Crippen LogP) is 4.02. The number of aryl methyl sites for hydroxylation is 1. The molecule has 0 saturated carbocycles. The van der Waals surface area contributed by atoms with Crippen LogP contribution in [0.1, 0.15) is 38.1 Å². The molecule has 0 bridgehead atoms. The first-order chi connectivity index (χ1) is 11.2. The quantitative estimate of drug-likeness (QED) is 0.906. The molecular formula is C18H24N2O3S. The molecule has 0 aliphatic carbocycles. The lowest BCUT2D eigenvalue weighted by atomic mass is 10.0. The van der Waals surface area contributed by atoms with Crippen LogP contribution in [-0.2, 0) is 4.74 Å². The number of likely N-dealkylation sites (N-methyl/N-ethyl adjacent to an activating group) is 1. The number of aliphatic hydroxyl groups excluding tert-OH is 1. The third-order valence-corrected chi connectivity index (χ3v) is 4.60. The Kier molecular flexibility index (Phi) is 5.62. The number of benzene rings is 1. The lowest BCUT2D eigenvalue weighted by Crippen LogP contribution is -2.37. The van der Waals surface area contributed by atoms with E-state index >= 15 is 0 Å². The maximum Gasteiger partial charge on any atom is 0.410 e. The first-order valence-electron chi connectivity index (χ1n) is 7.80. The molecule has 0 fully saturated rings. The summed E-state index contributed by atoms with van der Waals surface area (Å²) in [6, 6.07) is 7.38. The average Bonchev–Trinajstić information content (AvgIpc) is 2.93. The Hall–Kier alpha value is -1.92. The van der Waals surface area contributed by atoms with Gasteiger partial charge < -0.3 is 14.7 Å². The van der Waals surface area contributed by atoms with Crippen molar-refractivity contribution in [1.29, 1.82) is 0 Å². The second kappa shape index (κ2) is 7.32. The molecule has 1 aromatic carbocycles. The van der Waals surface area contributed by atoms with Crippen molar-refractivity contribution < 1.29 is 14.6 Å². The maximum atomic E-state index is 12.2. The van der Waals surface area contributed by atoms with Gasteiger partial charge in [0.2, 0.25) is 0 Å². The van der Waals surface area contributed by atoms with Crippen LogP contribution in [0, 0.1) is 6.92 Å². The molecule has 24 heavy (non-hydrogen) atoms. The summed E-state index contributed by atoms with van der Waals surface area (Å²) in [5.41, 5.74) is 4.19. The molecule has 2 aromatic rings. The van der Waals surface area contributed by atoms with Gasteiger partial charge in [-0.3, -0.25) is 0 Å². The highest BCUT2D eigenvalue weighted by Crippen LogP contribution is 2.29. The Morgan fingerprint density at radius 1 is 1.33 bits per heavy atom. The highest BCUT2D eigenvalue weighted by molar-refractivity contribution is 7.13. The first kappa shape index (κ1) is 18.4. The molecule has 1 atom stereocenters. The van der Waals surface area contributed by atoms with E-state index in [9.17, 15) is 9.90 Å². The average molecular weight is 348 g/mol. The van der Waals surface area contributed by atoms with Gasteiger partial charge in [0.1, 0.15) is 5.60 Å². The van der Waals surface area contributed by atoms with Crippen LogP contribution in [0.25, 0.3) is 10.4 Å². The van der Waals surface area contributed by atoms with Crippen molar-refractivity contribution in [3.05, 3.63) is 41.0 Å². The third kappa shape index (κ3) is 4.33.